The molecule has 0 fully saturated rings. The molecule has 24 heavy (non-hydrogen) atoms. The largest absolute Gasteiger partial charge is 0.419 e. The van der Waals surface area contributed by atoms with Gasteiger partial charge < -0.3 is 11.5 Å². The molecule has 0 saturated carbocycles. The van der Waals surface area contributed by atoms with E-state index in [1.54, 1.807) is 30.3 Å². The van der Waals surface area contributed by atoms with Crippen LogP contribution in [0, 0.1) is 0 Å². The number of halogens is 3. The minimum atomic E-state index is -4.63. The summed E-state index contributed by atoms with van der Waals surface area (Å²) in [6.45, 7) is 0. The van der Waals surface area contributed by atoms with Gasteiger partial charge in [-0.05, 0) is 6.07 Å². The lowest BCUT2D eigenvalue weighted by Crippen LogP contribution is -2.11. The Hall–Kier alpha value is -3.23. The van der Waals surface area contributed by atoms with Gasteiger partial charge in [-0.25, -0.2) is 9.97 Å². The van der Waals surface area contributed by atoms with Crippen LogP contribution < -0.4 is 11.5 Å². The predicted molar refractivity (Wildman–Crippen MR) is 82.3 cm³/mol. The van der Waals surface area contributed by atoms with Gasteiger partial charge in [-0.3, -0.25) is 0 Å². The van der Waals surface area contributed by atoms with Gasteiger partial charge in [0.1, 0.15) is 17.2 Å². The van der Waals surface area contributed by atoms with Crippen LogP contribution in [-0.4, -0.2) is 20.2 Å². The van der Waals surface area contributed by atoms with E-state index in [4.69, 9.17) is 11.5 Å². The Balaban J connectivity index is 2.21. The van der Waals surface area contributed by atoms with E-state index in [9.17, 15) is 13.2 Å². The zero-order valence-electron chi connectivity index (χ0n) is 12.1. The van der Waals surface area contributed by atoms with Gasteiger partial charge >= 0.3 is 6.18 Å². The molecule has 0 saturated heterocycles. The quantitative estimate of drug-likeness (QED) is 0.748. The highest BCUT2D eigenvalue weighted by atomic mass is 19.4. The number of hydrogen-bond acceptors (Lipinski definition) is 6. The predicted octanol–water partition coefficient (Wildman–Crippen LogP) is 2.78. The van der Waals surface area contributed by atoms with Gasteiger partial charge in [0, 0.05) is 17.3 Å². The van der Waals surface area contributed by atoms with Crippen molar-refractivity contribution in [2.24, 2.45) is 0 Å². The minimum absolute atomic E-state index is 0.0861. The summed E-state index contributed by atoms with van der Waals surface area (Å²) in [5.41, 5.74) is 11.0. The molecule has 3 aromatic rings. The average molecular weight is 332 g/mol. The molecule has 3 rings (SSSR count). The molecule has 0 spiro atoms. The lowest BCUT2D eigenvalue weighted by molar-refractivity contribution is -0.137. The standard InChI is InChI=1S/C15H11F3N6/c16-15(17,18)10-6-9(7-21-13(10)19)12-11(22-14(20)24-23-12)8-4-2-1-3-5-8/h1-7H,(H2,19,21)(H2,20,22,24). The third-order valence-corrected chi connectivity index (χ3v) is 3.25. The molecule has 0 bridgehead atoms. The molecule has 0 amide bonds. The number of pyridine rings is 1. The molecule has 2 aromatic heterocycles. The second kappa shape index (κ2) is 5.76. The Morgan fingerprint density at radius 1 is 0.875 bits per heavy atom. The zero-order valence-corrected chi connectivity index (χ0v) is 12.1. The van der Waals surface area contributed by atoms with E-state index < -0.39 is 17.6 Å². The van der Waals surface area contributed by atoms with Crippen molar-refractivity contribution in [2.75, 3.05) is 11.5 Å². The van der Waals surface area contributed by atoms with Crippen LogP contribution in [0.25, 0.3) is 22.5 Å². The molecule has 0 aliphatic rings. The van der Waals surface area contributed by atoms with E-state index in [1.165, 1.54) is 6.20 Å². The van der Waals surface area contributed by atoms with E-state index in [0.717, 1.165) is 6.07 Å². The SMILES string of the molecule is Nc1nnc(-c2cnc(N)c(C(F)(F)F)c2)c(-c2ccccc2)n1. The first kappa shape index (κ1) is 15.7. The Kier molecular flexibility index (Phi) is 3.76. The number of benzene rings is 1. The third kappa shape index (κ3) is 2.96. The highest BCUT2D eigenvalue weighted by Crippen LogP contribution is 2.36. The van der Waals surface area contributed by atoms with Crippen molar-refractivity contribution in [3.05, 3.63) is 48.2 Å². The van der Waals surface area contributed by atoms with Crippen LogP contribution in [-0.2, 0) is 6.18 Å². The Labute approximate surface area is 134 Å². The molecule has 1 aromatic carbocycles. The summed E-state index contributed by atoms with van der Waals surface area (Å²) in [5.74, 6) is -0.694. The maximum atomic E-state index is 13.0. The van der Waals surface area contributed by atoms with E-state index in [-0.39, 0.29) is 17.2 Å². The normalized spacial score (nSPS) is 11.5. The second-order valence-corrected chi connectivity index (χ2v) is 4.89. The van der Waals surface area contributed by atoms with E-state index >= 15 is 0 Å². The number of alkyl halides is 3. The smallest absolute Gasteiger partial charge is 0.383 e. The van der Waals surface area contributed by atoms with Gasteiger partial charge in [-0.15, -0.1) is 10.2 Å². The fourth-order valence-electron chi connectivity index (χ4n) is 2.16. The van der Waals surface area contributed by atoms with Crippen molar-refractivity contribution in [2.45, 2.75) is 6.18 Å². The highest BCUT2D eigenvalue weighted by Gasteiger charge is 2.34. The van der Waals surface area contributed by atoms with Crippen LogP contribution in [0.15, 0.2) is 42.6 Å². The van der Waals surface area contributed by atoms with E-state index in [2.05, 4.69) is 20.2 Å². The second-order valence-electron chi connectivity index (χ2n) is 4.89. The van der Waals surface area contributed by atoms with Crippen LogP contribution in [0.4, 0.5) is 24.9 Å². The average Bonchev–Trinajstić information content (AvgIpc) is 2.55. The number of nitrogens with two attached hydrogens (primary N) is 2. The van der Waals surface area contributed by atoms with Gasteiger partial charge in [0.05, 0.1) is 5.56 Å². The summed E-state index contributed by atoms with van der Waals surface area (Å²) >= 11 is 0. The number of aromatic nitrogens is 4. The number of anilines is 2. The van der Waals surface area contributed by atoms with E-state index in [0.29, 0.717) is 11.3 Å². The molecule has 0 unspecified atom stereocenters. The molecule has 122 valence electrons. The molecule has 2 heterocycles. The molecule has 0 aliphatic carbocycles. The monoisotopic (exact) mass is 332 g/mol. The van der Waals surface area contributed by atoms with Crippen molar-refractivity contribution in [3.8, 4) is 22.5 Å². The van der Waals surface area contributed by atoms with Gasteiger partial charge in [0.25, 0.3) is 0 Å². The van der Waals surface area contributed by atoms with Crippen LogP contribution in [0.3, 0.4) is 0 Å². The summed E-state index contributed by atoms with van der Waals surface area (Å²) in [7, 11) is 0. The van der Waals surface area contributed by atoms with Crippen molar-refractivity contribution in [1.29, 1.82) is 0 Å². The number of hydrogen-bond donors (Lipinski definition) is 2. The van der Waals surface area contributed by atoms with Gasteiger partial charge in [0.2, 0.25) is 5.95 Å². The molecular weight excluding hydrogens is 321 g/mol. The highest BCUT2D eigenvalue weighted by molar-refractivity contribution is 5.78. The van der Waals surface area contributed by atoms with Crippen LogP contribution >= 0.6 is 0 Å². The Bertz CT molecular complexity index is 880. The first-order valence-electron chi connectivity index (χ1n) is 6.75. The van der Waals surface area contributed by atoms with Gasteiger partial charge in [-0.1, -0.05) is 30.3 Å². The fourth-order valence-corrected chi connectivity index (χ4v) is 2.16. The summed E-state index contributed by atoms with van der Waals surface area (Å²) in [4.78, 5) is 7.71. The molecule has 0 aliphatic heterocycles. The maximum Gasteiger partial charge on any atom is 0.419 e. The Morgan fingerprint density at radius 3 is 2.25 bits per heavy atom. The van der Waals surface area contributed by atoms with Crippen molar-refractivity contribution in [1.82, 2.24) is 20.2 Å². The van der Waals surface area contributed by atoms with Crippen molar-refractivity contribution < 1.29 is 13.2 Å². The number of rotatable bonds is 2. The van der Waals surface area contributed by atoms with Crippen LogP contribution in [0.1, 0.15) is 5.56 Å². The van der Waals surface area contributed by atoms with Crippen LogP contribution in [0.5, 0.6) is 0 Å². The fraction of sp³-hybridized carbons (Fsp3) is 0.0667. The first-order chi connectivity index (χ1) is 11.4. The molecule has 6 nitrogen and oxygen atoms in total. The molecule has 4 N–H and O–H groups in total. The van der Waals surface area contributed by atoms with Gasteiger partial charge in [-0.2, -0.15) is 13.2 Å². The minimum Gasteiger partial charge on any atom is -0.383 e. The topological polar surface area (TPSA) is 104 Å². The molecule has 0 atom stereocenters. The molecular formula is C15H11F3N6. The Morgan fingerprint density at radius 2 is 1.58 bits per heavy atom. The molecule has 0 radical (unpaired) electrons. The van der Waals surface area contributed by atoms with E-state index in [1.807, 2.05) is 0 Å². The third-order valence-electron chi connectivity index (χ3n) is 3.25. The van der Waals surface area contributed by atoms with Crippen molar-refractivity contribution in [3.63, 3.8) is 0 Å². The number of nitrogens with zero attached hydrogens (tertiary/aromatic N) is 4. The summed E-state index contributed by atoms with van der Waals surface area (Å²) in [5, 5.41) is 7.52. The van der Waals surface area contributed by atoms with Crippen LogP contribution in [0.2, 0.25) is 0 Å². The summed E-state index contributed by atoms with van der Waals surface area (Å²) < 4.78 is 39.1. The lowest BCUT2D eigenvalue weighted by atomic mass is 10.0. The summed E-state index contributed by atoms with van der Waals surface area (Å²) in [6, 6.07) is 9.68. The zero-order chi connectivity index (χ0) is 17.3. The van der Waals surface area contributed by atoms with Gasteiger partial charge in [0.15, 0.2) is 0 Å². The molecule has 9 heteroatoms. The lowest BCUT2D eigenvalue weighted by Gasteiger charge is -2.12. The number of nitrogen functional groups attached to an aromatic ring is 2. The maximum absolute atomic E-state index is 13.0. The first-order valence-corrected chi connectivity index (χ1v) is 6.75. The van der Waals surface area contributed by atoms with Crippen molar-refractivity contribution >= 4 is 11.8 Å². The summed E-state index contributed by atoms with van der Waals surface area (Å²) in [6.07, 6.45) is -3.44.